The zero-order valence-electron chi connectivity index (χ0n) is 38.2. The first-order valence-corrected chi connectivity index (χ1v) is 24.3. The van der Waals surface area contributed by atoms with Gasteiger partial charge in [-0.25, -0.2) is 17.9 Å². The molecular weight excluding hydrogens is 896 g/mol. The molecule has 17 heteroatoms. The Balaban J connectivity index is 1.12. The van der Waals surface area contributed by atoms with Crippen LogP contribution in [-0.2, 0) is 32.6 Å². The van der Waals surface area contributed by atoms with Crippen molar-refractivity contribution in [1.82, 2.24) is 14.5 Å². The lowest BCUT2D eigenvalue weighted by molar-refractivity contribution is -0.384. The molecule has 5 aromatic carbocycles. The molecule has 2 aliphatic rings. The first-order valence-electron chi connectivity index (χ1n) is 22.5. The average molecular weight is 954 g/mol. The standard InChI is InChI=1S/C50H57ClN6O9S/c1-5-55(49(59)66-50(2,3)4)33-35-11-10-14-40(29-35)65-47-30-39(56-26-24-54(25-27-56)34-37-12-6-7-15-43(37)36-16-18-38(51)19-17-36)20-22-44(47)48(58)53-67(62,63)42-21-23-45(46(31-42)57(60)61)52-32-41-13-8-9-28-64-41/h6-7,10-12,14-23,29-31,41,52H,5,8-9,13,24-28,32-34H2,1-4H3,(H,53,58). The van der Waals surface area contributed by atoms with E-state index in [2.05, 4.69) is 32.0 Å². The van der Waals surface area contributed by atoms with Crippen LogP contribution in [0.5, 0.6) is 11.5 Å². The number of amides is 2. The van der Waals surface area contributed by atoms with Crippen LogP contribution >= 0.6 is 11.6 Å². The second kappa shape index (κ2) is 21.6. The Morgan fingerprint density at radius 2 is 1.69 bits per heavy atom. The number of carbonyl (C=O) groups is 2. The van der Waals surface area contributed by atoms with Gasteiger partial charge in [-0.3, -0.25) is 19.8 Å². The van der Waals surface area contributed by atoms with Gasteiger partial charge in [0.25, 0.3) is 21.6 Å². The van der Waals surface area contributed by atoms with Crippen LogP contribution in [0.15, 0.2) is 114 Å². The molecule has 67 heavy (non-hydrogen) atoms. The van der Waals surface area contributed by atoms with Gasteiger partial charge in [-0.2, -0.15) is 0 Å². The molecule has 0 aromatic heterocycles. The van der Waals surface area contributed by atoms with Gasteiger partial charge in [-0.1, -0.05) is 60.1 Å². The number of carbonyl (C=O) groups excluding carboxylic acids is 2. The summed E-state index contributed by atoms with van der Waals surface area (Å²) in [6.07, 6.45) is 2.16. The maximum absolute atomic E-state index is 14.1. The molecule has 2 heterocycles. The van der Waals surface area contributed by atoms with Crippen molar-refractivity contribution in [1.29, 1.82) is 0 Å². The summed E-state index contributed by atoms with van der Waals surface area (Å²) in [5.74, 6) is -0.576. The lowest BCUT2D eigenvalue weighted by atomic mass is 9.99. The van der Waals surface area contributed by atoms with Crippen LogP contribution in [0.3, 0.4) is 0 Å². The highest BCUT2D eigenvalue weighted by Gasteiger charge is 2.28. The van der Waals surface area contributed by atoms with Crippen molar-refractivity contribution < 1.29 is 37.1 Å². The van der Waals surface area contributed by atoms with Crippen molar-refractivity contribution in [3.63, 3.8) is 0 Å². The molecule has 354 valence electrons. The van der Waals surface area contributed by atoms with E-state index in [0.717, 1.165) is 67.3 Å². The molecule has 0 bridgehead atoms. The Morgan fingerprint density at radius 3 is 2.39 bits per heavy atom. The van der Waals surface area contributed by atoms with E-state index in [1.165, 1.54) is 23.8 Å². The minimum atomic E-state index is -4.62. The number of nitrogens with one attached hydrogen (secondary N) is 2. The first kappa shape index (κ1) is 48.7. The van der Waals surface area contributed by atoms with Crippen molar-refractivity contribution in [2.24, 2.45) is 0 Å². The highest BCUT2D eigenvalue weighted by atomic mass is 35.5. The molecule has 0 aliphatic carbocycles. The number of sulfonamides is 1. The van der Waals surface area contributed by atoms with E-state index >= 15 is 0 Å². The molecule has 2 saturated heterocycles. The van der Waals surface area contributed by atoms with E-state index in [1.54, 1.807) is 56.0 Å². The van der Waals surface area contributed by atoms with Crippen molar-refractivity contribution in [3.05, 3.63) is 141 Å². The molecule has 2 N–H and O–H groups in total. The Morgan fingerprint density at radius 1 is 0.925 bits per heavy atom. The monoisotopic (exact) mass is 952 g/mol. The van der Waals surface area contributed by atoms with Crippen molar-refractivity contribution in [2.45, 2.75) is 76.6 Å². The van der Waals surface area contributed by atoms with Crippen LogP contribution in [0.25, 0.3) is 11.1 Å². The summed E-state index contributed by atoms with van der Waals surface area (Å²) in [6, 6.07) is 31.6. The van der Waals surface area contributed by atoms with E-state index in [9.17, 15) is 28.1 Å². The number of halogens is 1. The van der Waals surface area contributed by atoms with E-state index in [1.807, 2.05) is 49.4 Å². The summed E-state index contributed by atoms with van der Waals surface area (Å²) in [5, 5.41) is 15.8. The third-order valence-electron chi connectivity index (χ3n) is 11.5. The van der Waals surface area contributed by atoms with E-state index in [0.29, 0.717) is 43.6 Å². The Bertz CT molecular complexity index is 2660. The molecule has 2 amide bonds. The van der Waals surface area contributed by atoms with Crippen LogP contribution in [0, 0.1) is 10.1 Å². The molecule has 5 aromatic rings. The van der Waals surface area contributed by atoms with Gasteiger partial charge < -0.3 is 29.3 Å². The summed E-state index contributed by atoms with van der Waals surface area (Å²) in [7, 11) is -4.62. The van der Waals surface area contributed by atoms with E-state index < -0.39 is 43.1 Å². The zero-order valence-corrected chi connectivity index (χ0v) is 39.8. The molecule has 15 nitrogen and oxygen atoms in total. The average Bonchev–Trinajstić information content (AvgIpc) is 3.30. The maximum atomic E-state index is 14.1. The second-order valence-corrected chi connectivity index (χ2v) is 19.7. The number of anilines is 2. The Kier molecular flexibility index (Phi) is 15.7. The fourth-order valence-corrected chi connectivity index (χ4v) is 9.16. The minimum absolute atomic E-state index is 0.0802. The number of hydrogen-bond acceptors (Lipinski definition) is 12. The van der Waals surface area contributed by atoms with Crippen LogP contribution in [-0.4, -0.2) is 92.7 Å². The summed E-state index contributed by atoms with van der Waals surface area (Å²) >= 11 is 6.17. The zero-order chi connectivity index (χ0) is 47.7. The molecule has 2 fully saturated rings. The van der Waals surface area contributed by atoms with E-state index in [4.69, 9.17) is 25.8 Å². The summed E-state index contributed by atoms with van der Waals surface area (Å²) in [5.41, 5.74) is 3.82. The number of piperazine rings is 1. The minimum Gasteiger partial charge on any atom is -0.456 e. The topological polar surface area (TPSA) is 173 Å². The van der Waals surface area contributed by atoms with Gasteiger partial charge in [0.05, 0.1) is 21.5 Å². The predicted octanol–water partition coefficient (Wildman–Crippen LogP) is 9.89. The number of nitrogens with zero attached hydrogens (tertiary/aromatic N) is 4. The predicted molar refractivity (Wildman–Crippen MR) is 259 cm³/mol. The van der Waals surface area contributed by atoms with Gasteiger partial charge in [0.15, 0.2) is 0 Å². The van der Waals surface area contributed by atoms with Crippen LogP contribution in [0.1, 0.15) is 68.4 Å². The Labute approximate surface area is 397 Å². The molecule has 0 spiro atoms. The number of nitro benzene ring substituents is 1. The SMILES string of the molecule is CCN(Cc1cccc(Oc2cc(N3CCN(Cc4ccccc4-c4ccc(Cl)cc4)CC3)ccc2C(=O)NS(=O)(=O)c2ccc(NCC3CCCCO3)c([N+](=O)[O-])c2)c1)C(=O)OC(C)(C)C. The first-order chi connectivity index (χ1) is 32.0. The molecule has 1 atom stereocenters. The third-order valence-corrected chi connectivity index (χ3v) is 13.1. The highest BCUT2D eigenvalue weighted by molar-refractivity contribution is 7.90. The summed E-state index contributed by atoms with van der Waals surface area (Å²) in [6.45, 7) is 12.3. The summed E-state index contributed by atoms with van der Waals surface area (Å²) < 4.78 is 47.5. The smallest absolute Gasteiger partial charge is 0.410 e. The van der Waals surface area contributed by atoms with Gasteiger partial charge in [0.2, 0.25) is 0 Å². The normalized spacial score (nSPS) is 15.7. The van der Waals surface area contributed by atoms with Crippen LogP contribution in [0.2, 0.25) is 5.02 Å². The van der Waals surface area contributed by atoms with Gasteiger partial charge in [-0.05, 0) is 118 Å². The number of ether oxygens (including phenoxy) is 3. The molecule has 2 aliphatic heterocycles. The second-order valence-electron chi connectivity index (χ2n) is 17.6. The van der Waals surface area contributed by atoms with Gasteiger partial charge in [-0.15, -0.1) is 0 Å². The fraction of sp³-hybridized carbons (Fsp3) is 0.360. The van der Waals surface area contributed by atoms with Crippen LogP contribution < -0.4 is 19.7 Å². The number of benzene rings is 5. The number of hydrogen-bond donors (Lipinski definition) is 2. The highest BCUT2D eigenvalue weighted by Crippen LogP contribution is 2.34. The Hall–Kier alpha value is -6.20. The van der Waals surface area contributed by atoms with Crippen molar-refractivity contribution in [3.8, 4) is 22.6 Å². The molecule has 0 saturated carbocycles. The quantitative estimate of drug-likeness (QED) is 0.0709. The van der Waals surface area contributed by atoms with Gasteiger partial charge >= 0.3 is 6.09 Å². The number of rotatable bonds is 16. The summed E-state index contributed by atoms with van der Waals surface area (Å²) in [4.78, 5) is 44.2. The lowest BCUT2D eigenvalue weighted by Crippen LogP contribution is -2.46. The fourth-order valence-electron chi connectivity index (χ4n) is 8.05. The maximum Gasteiger partial charge on any atom is 0.410 e. The molecule has 0 radical (unpaired) electrons. The molecule has 1 unspecified atom stereocenters. The largest absolute Gasteiger partial charge is 0.456 e. The van der Waals surface area contributed by atoms with Crippen molar-refractivity contribution >= 4 is 50.7 Å². The lowest BCUT2D eigenvalue weighted by Gasteiger charge is -2.36. The third kappa shape index (κ3) is 13.0. The molecular formula is C50H57ClN6O9S. The van der Waals surface area contributed by atoms with E-state index in [-0.39, 0.29) is 29.6 Å². The van der Waals surface area contributed by atoms with Crippen molar-refractivity contribution in [2.75, 3.05) is 56.1 Å². The molecule has 7 rings (SSSR count). The van der Waals surface area contributed by atoms with Crippen LogP contribution in [0.4, 0.5) is 21.9 Å². The number of nitro groups is 1. The van der Waals surface area contributed by atoms with Gasteiger partial charge in [0, 0.05) is 81.8 Å². The van der Waals surface area contributed by atoms with Gasteiger partial charge in [0.1, 0.15) is 22.8 Å².